The van der Waals surface area contributed by atoms with E-state index in [1.165, 1.54) is 47.7 Å². The Labute approximate surface area is 163 Å². The van der Waals surface area contributed by atoms with E-state index in [-0.39, 0.29) is 12.3 Å². The van der Waals surface area contributed by atoms with Gasteiger partial charge in [-0.05, 0) is 48.5 Å². The van der Waals surface area contributed by atoms with Crippen LogP contribution in [0.15, 0.2) is 53.9 Å². The maximum Gasteiger partial charge on any atom is 0.257 e. The second kappa shape index (κ2) is 8.40. The lowest BCUT2D eigenvalue weighted by atomic mass is 10.2. The van der Waals surface area contributed by atoms with Gasteiger partial charge in [0.25, 0.3) is 5.91 Å². The van der Waals surface area contributed by atoms with Gasteiger partial charge in [-0.3, -0.25) is 19.7 Å². The first-order chi connectivity index (χ1) is 13.4. The standard InChI is InChI=1S/C19H15FN4O3S/c20-13-5-1-12(2-6-13)18(27)24-19-23-15(10-28-19)9-16(25)22-14-7-3-11(4-8-14)17(21)26/h1-8,10H,9H2,(H2,21,26)(H,22,25)(H,23,24,27). The summed E-state index contributed by atoms with van der Waals surface area (Å²) in [6.07, 6.45) is 0.0144. The van der Waals surface area contributed by atoms with Crippen molar-refractivity contribution in [2.45, 2.75) is 6.42 Å². The molecule has 0 fully saturated rings. The highest BCUT2D eigenvalue weighted by Gasteiger charge is 2.12. The molecule has 3 amide bonds. The van der Waals surface area contributed by atoms with Crippen molar-refractivity contribution in [3.63, 3.8) is 0 Å². The molecule has 1 aromatic heterocycles. The Morgan fingerprint density at radius 3 is 2.25 bits per heavy atom. The number of carbonyl (C=O) groups is 3. The average Bonchev–Trinajstić information content (AvgIpc) is 3.09. The third-order valence-corrected chi connectivity index (χ3v) is 4.48. The minimum absolute atomic E-state index is 0.0144. The first-order valence-electron chi connectivity index (χ1n) is 8.12. The van der Waals surface area contributed by atoms with E-state index >= 15 is 0 Å². The molecule has 3 rings (SSSR count). The largest absolute Gasteiger partial charge is 0.366 e. The molecular formula is C19H15FN4O3S. The van der Waals surface area contributed by atoms with E-state index in [1.807, 2.05) is 0 Å². The molecule has 0 atom stereocenters. The van der Waals surface area contributed by atoms with Crippen LogP contribution in [0.25, 0.3) is 0 Å². The molecule has 2 aromatic carbocycles. The van der Waals surface area contributed by atoms with Crippen molar-refractivity contribution < 1.29 is 18.8 Å². The van der Waals surface area contributed by atoms with Gasteiger partial charge < -0.3 is 11.1 Å². The summed E-state index contributed by atoms with van der Waals surface area (Å²) in [5.41, 5.74) is 6.83. The summed E-state index contributed by atoms with van der Waals surface area (Å²) in [6.45, 7) is 0. The predicted molar refractivity (Wildman–Crippen MR) is 104 cm³/mol. The molecule has 4 N–H and O–H groups in total. The van der Waals surface area contributed by atoms with Crippen LogP contribution in [0.2, 0.25) is 0 Å². The number of benzene rings is 2. The van der Waals surface area contributed by atoms with Crippen LogP contribution in [0.4, 0.5) is 15.2 Å². The van der Waals surface area contributed by atoms with Crippen molar-refractivity contribution in [3.05, 3.63) is 76.5 Å². The lowest BCUT2D eigenvalue weighted by molar-refractivity contribution is -0.115. The monoisotopic (exact) mass is 398 g/mol. The van der Waals surface area contributed by atoms with E-state index in [2.05, 4.69) is 15.6 Å². The second-order valence-electron chi connectivity index (χ2n) is 5.77. The summed E-state index contributed by atoms with van der Waals surface area (Å²) in [5, 5.41) is 7.30. The van der Waals surface area contributed by atoms with Crippen molar-refractivity contribution in [1.29, 1.82) is 0 Å². The van der Waals surface area contributed by atoms with Gasteiger partial charge in [0.2, 0.25) is 11.8 Å². The number of nitrogens with two attached hydrogens (primary N) is 1. The van der Waals surface area contributed by atoms with Crippen LogP contribution >= 0.6 is 11.3 Å². The molecule has 1 heterocycles. The number of halogens is 1. The lowest BCUT2D eigenvalue weighted by Gasteiger charge is -2.04. The average molecular weight is 398 g/mol. The Kier molecular flexibility index (Phi) is 5.75. The first kappa shape index (κ1) is 19.2. The molecule has 0 bridgehead atoms. The molecule has 0 unspecified atom stereocenters. The van der Waals surface area contributed by atoms with Gasteiger partial charge in [-0.15, -0.1) is 11.3 Å². The first-order valence-corrected chi connectivity index (χ1v) is 9.00. The number of primary amides is 1. The molecule has 28 heavy (non-hydrogen) atoms. The Balaban J connectivity index is 1.56. The SMILES string of the molecule is NC(=O)c1ccc(NC(=O)Cc2csc(NC(=O)c3ccc(F)cc3)n2)cc1. The number of carbonyl (C=O) groups excluding carboxylic acids is 3. The fourth-order valence-electron chi connectivity index (χ4n) is 2.30. The number of nitrogens with zero attached hydrogens (tertiary/aromatic N) is 1. The highest BCUT2D eigenvalue weighted by Crippen LogP contribution is 2.18. The molecule has 0 spiro atoms. The van der Waals surface area contributed by atoms with Crippen molar-refractivity contribution in [2.24, 2.45) is 5.73 Å². The van der Waals surface area contributed by atoms with Crippen LogP contribution in [0.3, 0.4) is 0 Å². The Morgan fingerprint density at radius 2 is 1.61 bits per heavy atom. The number of anilines is 2. The Bertz CT molecular complexity index is 1020. The molecule has 3 aromatic rings. The number of hydrogen-bond donors (Lipinski definition) is 3. The fraction of sp³-hybridized carbons (Fsp3) is 0.0526. The molecular weight excluding hydrogens is 383 g/mol. The van der Waals surface area contributed by atoms with Gasteiger partial charge in [0.15, 0.2) is 5.13 Å². The molecule has 142 valence electrons. The Hall–Kier alpha value is -3.59. The summed E-state index contributed by atoms with van der Waals surface area (Å²) < 4.78 is 12.9. The van der Waals surface area contributed by atoms with E-state index in [0.717, 1.165) is 0 Å². The summed E-state index contributed by atoms with van der Waals surface area (Å²) in [7, 11) is 0. The van der Waals surface area contributed by atoms with Crippen LogP contribution in [0, 0.1) is 5.82 Å². The quantitative estimate of drug-likeness (QED) is 0.592. The third kappa shape index (κ3) is 4.98. The van der Waals surface area contributed by atoms with Gasteiger partial charge in [0.05, 0.1) is 12.1 Å². The highest BCUT2D eigenvalue weighted by molar-refractivity contribution is 7.14. The fourth-order valence-corrected chi connectivity index (χ4v) is 3.01. The normalized spacial score (nSPS) is 10.3. The molecule has 0 radical (unpaired) electrons. The van der Waals surface area contributed by atoms with Gasteiger partial charge in [-0.2, -0.15) is 0 Å². The van der Waals surface area contributed by atoms with Gasteiger partial charge in [0, 0.05) is 22.2 Å². The number of hydrogen-bond acceptors (Lipinski definition) is 5. The van der Waals surface area contributed by atoms with E-state index in [0.29, 0.717) is 27.6 Å². The molecule has 7 nitrogen and oxygen atoms in total. The van der Waals surface area contributed by atoms with Crippen molar-refractivity contribution in [3.8, 4) is 0 Å². The van der Waals surface area contributed by atoms with Crippen LogP contribution in [-0.4, -0.2) is 22.7 Å². The molecule has 0 aliphatic rings. The van der Waals surface area contributed by atoms with Gasteiger partial charge in [-0.25, -0.2) is 9.37 Å². The summed E-state index contributed by atoms with van der Waals surface area (Å²) in [4.78, 5) is 39.5. The van der Waals surface area contributed by atoms with Crippen LogP contribution in [0.5, 0.6) is 0 Å². The highest BCUT2D eigenvalue weighted by atomic mass is 32.1. The predicted octanol–water partition coefficient (Wildman–Crippen LogP) is 2.81. The number of nitrogens with one attached hydrogen (secondary N) is 2. The van der Waals surface area contributed by atoms with Gasteiger partial charge in [0.1, 0.15) is 5.82 Å². The molecule has 9 heteroatoms. The lowest BCUT2D eigenvalue weighted by Crippen LogP contribution is -2.15. The molecule has 0 aliphatic heterocycles. The zero-order chi connectivity index (χ0) is 20.1. The summed E-state index contributed by atoms with van der Waals surface area (Å²) in [6, 6.07) is 11.3. The minimum atomic E-state index is -0.546. The Morgan fingerprint density at radius 1 is 0.964 bits per heavy atom. The van der Waals surface area contributed by atoms with Crippen molar-refractivity contribution in [1.82, 2.24) is 4.98 Å². The zero-order valence-electron chi connectivity index (χ0n) is 14.4. The van der Waals surface area contributed by atoms with Crippen LogP contribution < -0.4 is 16.4 Å². The zero-order valence-corrected chi connectivity index (χ0v) is 15.3. The van der Waals surface area contributed by atoms with Gasteiger partial charge >= 0.3 is 0 Å². The summed E-state index contributed by atoms with van der Waals surface area (Å²) >= 11 is 1.18. The maximum absolute atomic E-state index is 12.9. The number of rotatable bonds is 6. The number of aromatic nitrogens is 1. The van der Waals surface area contributed by atoms with E-state index in [9.17, 15) is 18.8 Å². The smallest absolute Gasteiger partial charge is 0.257 e. The van der Waals surface area contributed by atoms with E-state index in [4.69, 9.17) is 5.73 Å². The van der Waals surface area contributed by atoms with Gasteiger partial charge in [-0.1, -0.05) is 0 Å². The van der Waals surface area contributed by atoms with Crippen molar-refractivity contribution in [2.75, 3.05) is 10.6 Å². The second-order valence-corrected chi connectivity index (χ2v) is 6.63. The van der Waals surface area contributed by atoms with Crippen LogP contribution in [0.1, 0.15) is 26.4 Å². The van der Waals surface area contributed by atoms with Crippen molar-refractivity contribution >= 4 is 39.9 Å². The minimum Gasteiger partial charge on any atom is -0.366 e. The van der Waals surface area contributed by atoms with Crippen LogP contribution in [-0.2, 0) is 11.2 Å². The maximum atomic E-state index is 12.9. The topological polar surface area (TPSA) is 114 Å². The van der Waals surface area contributed by atoms with E-state index < -0.39 is 17.6 Å². The third-order valence-electron chi connectivity index (χ3n) is 3.67. The molecule has 0 saturated heterocycles. The number of amides is 3. The molecule has 0 aliphatic carbocycles. The number of thiazole rings is 1. The molecule has 0 saturated carbocycles. The van der Waals surface area contributed by atoms with E-state index in [1.54, 1.807) is 17.5 Å². The summed E-state index contributed by atoms with van der Waals surface area (Å²) in [5.74, 6) is -1.69.